The second-order valence-electron chi connectivity index (χ2n) is 4.00. The van der Waals surface area contributed by atoms with E-state index in [1.54, 1.807) is 0 Å². The van der Waals surface area contributed by atoms with Gasteiger partial charge in [-0.05, 0) is 25.0 Å². The number of nitrogens with one attached hydrogen (secondary N) is 1. The molecule has 1 aromatic carbocycles. The van der Waals surface area contributed by atoms with Crippen LogP contribution in [0.2, 0.25) is 0 Å². The van der Waals surface area contributed by atoms with Crippen molar-refractivity contribution < 1.29 is 5.11 Å². The van der Waals surface area contributed by atoms with Crippen LogP contribution in [0.15, 0.2) is 18.2 Å². The first-order chi connectivity index (χ1) is 7.13. The number of nitrogens with two attached hydrogens (primary N) is 1. The second-order valence-corrected chi connectivity index (χ2v) is 4.00. The number of aryl methyl sites for hydroxylation is 2. The van der Waals surface area contributed by atoms with E-state index >= 15 is 0 Å². The minimum atomic E-state index is -0.171. The Labute approximate surface area is 91.3 Å². The molecule has 0 saturated heterocycles. The average molecular weight is 208 g/mol. The predicted octanol–water partition coefficient (Wildman–Crippen LogP) is 0.713. The maximum atomic E-state index is 8.76. The van der Waals surface area contributed by atoms with Crippen molar-refractivity contribution in [3.63, 3.8) is 0 Å². The molecule has 3 heteroatoms. The van der Waals surface area contributed by atoms with Crippen LogP contribution >= 0.6 is 0 Å². The first-order valence-electron chi connectivity index (χ1n) is 5.26. The highest BCUT2D eigenvalue weighted by Gasteiger charge is 2.01. The lowest BCUT2D eigenvalue weighted by Gasteiger charge is -2.11. The van der Waals surface area contributed by atoms with Gasteiger partial charge in [-0.2, -0.15) is 0 Å². The summed E-state index contributed by atoms with van der Waals surface area (Å²) in [6.45, 7) is 5.67. The molecule has 0 aromatic heterocycles. The molecule has 0 amide bonds. The highest BCUT2D eigenvalue weighted by atomic mass is 16.3. The summed E-state index contributed by atoms with van der Waals surface area (Å²) in [7, 11) is 0. The Morgan fingerprint density at radius 2 is 2.13 bits per heavy atom. The Balaban J connectivity index is 2.44. The van der Waals surface area contributed by atoms with E-state index in [0.29, 0.717) is 6.54 Å². The zero-order valence-corrected chi connectivity index (χ0v) is 9.46. The molecule has 0 radical (unpaired) electrons. The van der Waals surface area contributed by atoms with Gasteiger partial charge in [0.15, 0.2) is 0 Å². The van der Waals surface area contributed by atoms with Gasteiger partial charge in [-0.3, -0.25) is 0 Å². The molecule has 1 rings (SSSR count). The van der Waals surface area contributed by atoms with Crippen molar-refractivity contribution >= 4 is 0 Å². The summed E-state index contributed by atoms with van der Waals surface area (Å²) >= 11 is 0. The molecule has 84 valence electrons. The molecule has 0 bridgehead atoms. The van der Waals surface area contributed by atoms with Gasteiger partial charge in [0.05, 0.1) is 6.61 Å². The van der Waals surface area contributed by atoms with Crippen LogP contribution in [0.1, 0.15) is 16.7 Å². The molecule has 0 spiro atoms. The van der Waals surface area contributed by atoms with Gasteiger partial charge >= 0.3 is 0 Å². The maximum absolute atomic E-state index is 8.76. The fourth-order valence-electron chi connectivity index (χ4n) is 1.50. The van der Waals surface area contributed by atoms with Gasteiger partial charge in [0, 0.05) is 19.1 Å². The molecule has 0 fully saturated rings. The molecule has 1 aromatic rings. The van der Waals surface area contributed by atoms with Crippen molar-refractivity contribution in [2.45, 2.75) is 26.4 Å². The third-order valence-corrected chi connectivity index (χ3v) is 2.45. The second kappa shape index (κ2) is 5.85. The zero-order chi connectivity index (χ0) is 11.3. The molecule has 0 aliphatic carbocycles. The quantitative estimate of drug-likeness (QED) is 0.668. The summed E-state index contributed by atoms with van der Waals surface area (Å²) in [5, 5.41) is 12.0. The highest BCUT2D eigenvalue weighted by Crippen LogP contribution is 2.09. The molecule has 15 heavy (non-hydrogen) atoms. The molecular weight excluding hydrogens is 188 g/mol. The van der Waals surface area contributed by atoms with E-state index in [1.165, 1.54) is 16.7 Å². The molecule has 0 saturated carbocycles. The van der Waals surface area contributed by atoms with Gasteiger partial charge in [0.25, 0.3) is 0 Å². The van der Waals surface area contributed by atoms with E-state index in [0.717, 1.165) is 6.54 Å². The lowest BCUT2D eigenvalue weighted by Crippen LogP contribution is -2.36. The minimum absolute atomic E-state index is 0.0277. The highest BCUT2D eigenvalue weighted by molar-refractivity contribution is 5.30. The van der Waals surface area contributed by atoms with Crippen LogP contribution in [-0.2, 0) is 6.54 Å². The van der Waals surface area contributed by atoms with Crippen LogP contribution in [0.3, 0.4) is 0 Å². The predicted molar refractivity (Wildman–Crippen MR) is 62.7 cm³/mol. The lowest BCUT2D eigenvalue weighted by atomic mass is 10.1. The number of hydrogen-bond acceptors (Lipinski definition) is 3. The van der Waals surface area contributed by atoms with Crippen LogP contribution in [0.4, 0.5) is 0 Å². The summed E-state index contributed by atoms with van der Waals surface area (Å²) in [5.74, 6) is 0. The van der Waals surface area contributed by atoms with Gasteiger partial charge in [-0.25, -0.2) is 0 Å². The van der Waals surface area contributed by atoms with Crippen molar-refractivity contribution in [1.82, 2.24) is 5.32 Å². The summed E-state index contributed by atoms with van der Waals surface area (Å²) in [6.07, 6.45) is 0. The van der Waals surface area contributed by atoms with Gasteiger partial charge < -0.3 is 16.2 Å². The number of benzene rings is 1. The summed E-state index contributed by atoms with van der Waals surface area (Å²) in [6, 6.07) is 6.23. The van der Waals surface area contributed by atoms with Gasteiger partial charge in [-0.15, -0.1) is 0 Å². The molecule has 1 atom stereocenters. The molecule has 0 aliphatic heterocycles. The first kappa shape index (κ1) is 12.2. The van der Waals surface area contributed by atoms with Crippen molar-refractivity contribution in [2.75, 3.05) is 13.2 Å². The summed E-state index contributed by atoms with van der Waals surface area (Å²) in [4.78, 5) is 0. The van der Waals surface area contributed by atoms with E-state index in [-0.39, 0.29) is 12.6 Å². The van der Waals surface area contributed by atoms with Crippen molar-refractivity contribution in [3.05, 3.63) is 34.9 Å². The van der Waals surface area contributed by atoms with E-state index in [4.69, 9.17) is 10.8 Å². The van der Waals surface area contributed by atoms with Crippen molar-refractivity contribution in [1.29, 1.82) is 0 Å². The Kier molecular flexibility index (Phi) is 4.75. The molecule has 0 heterocycles. The van der Waals surface area contributed by atoms with Crippen LogP contribution in [-0.4, -0.2) is 24.3 Å². The zero-order valence-electron chi connectivity index (χ0n) is 9.46. The molecule has 0 aliphatic rings. The van der Waals surface area contributed by atoms with Crippen molar-refractivity contribution in [2.24, 2.45) is 5.73 Å². The average Bonchev–Trinajstić information content (AvgIpc) is 2.21. The molecule has 1 unspecified atom stereocenters. The van der Waals surface area contributed by atoms with E-state index < -0.39 is 0 Å². The van der Waals surface area contributed by atoms with E-state index in [1.807, 2.05) is 0 Å². The lowest BCUT2D eigenvalue weighted by molar-refractivity contribution is 0.262. The minimum Gasteiger partial charge on any atom is -0.395 e. The molecule has 3 nitrogen and oxygen atoms in total. The topological polar surface area (TPSA) is 58.3 Å². The number of aliphatic hydroxyl groups is 1. The normalized spacial score (nSPS) is 12.8. The standard InChI is InChI=1S/C12H20N2O/c1-9-3-4-11(10(2)5-9)6-14-7-12(13)8-15/h3-5,12,14-15H,6-8,13H2,1-2H3. The van der Waals surface area contributed by atoms with Crippen LogP contribution in [0.25, 0.3) is 0 Å². The number of hydrogen-bond donors (Lipinski definition) is 3. The first-order valence-corrected chi connectivity index (χ1v) is 5.26. The Morgan fingerprint density at radius 1 is 1.40 bits per heavy atom. The third kappa shape index (κ3) is 4.00. The van der Waals surface area contributed by atoms with Crippen LogP contribution in [0.5, 0.6) is 0 Å². The number of rotatable bonds is 5. The van der Waals surface area contributed by atoms with Gasteiger partial charge in [-0.1, -0.05) is 23.8 Å². The maximum Gasteiger partial charge on any atom is 0.0594 e. The fraction of sp³-hybridized carbons (Fsp3) is 0.500. The summed E-state index contributed by atoms with van der Waals surface area (Å²) < 4.78 is 0. The van der Waals surface area contributed by atoms with Crippen molar-refractivity contribution in [3.8, 4) is 0 Å². The van der Waals surface area contributed by atoms with Gasteiger partial charge in [0.2, 0.25) is 0 Å². The van der Waals surface area contributed by atoms with E-state index in [9.17, 15) is 0 Å². The van der Waals surface area contributed by atoms with Crippen LogP contribution in [0, 0.1) is 13.8 Å². The van der Waals surface area contributed by atoms with E-state index in [2.05, 4.69) is 37.4 Å². The third-order valence-electron chi connectivity index (χ3n) is 2.45. The van der Waals surface area contributed by atoms with Gasteiger partial charge in [0.1, 0.15) is 0 Å². The Bertz CT molecular complexity index is 312. The van der Waals surface area contributed by atoms with Crippen LogP contribution < -0.4 is 11.1 Å². The SMILES string of the molecule is Cc1ccc(CNCC(N)CO)c(C)c1. The largest absolute Gasteiger partial charge is 0.395 e. The Morgan fingerprint density at radius 3 is 2.73 bits per heavy atom. The Hall–Kier alpha value is -0.900. The molecular formula is C12H20N2O. The molecule has 4 N–H and O–H groups in total. The fourth-order valence-corrected chi connectivity index (χ4v) is 1.50. The number of aliphatic hydroxyl groups excluding tert-OH is 1. The summed E-state index contributed by atoms with van der Waals surface area (Å²) in [5.41, 5.74) is 9.44. The smallest absolute Gasteiger partial charge is 0.0594 e. The monoisotopic (exact) mass is 208 g/mol.